The summed E-state index contributed by atoms with van der Waals surface area (Å²) in [5, 5.41) is 4.74. The predicted octanol–water partition coefficient (Wildman–Crippen LogP) is 3.70. The van der Waals surface area contributed by atoms with Gasteiger partial charge >= 0.3 is 0 Å². The third-order valence-electron chi connectivity index (χ3n) is 4.76. The normalized spacial score (nSPS) is 11.8. The molecule has 0 spiro atoms. The number of aryl methyl sites for hydroxylation is 2. The second-order valence-electron chi connectivity index (χ2n) is 7.04. The molecular weight excluding hydrogens is 412 g/mol. The van der Waals surface area contributed by atoms with E-state index in [4.69, 9.17) is 0 Å². The Labute approximate surface area is 179 Å². The van der Waals surface area contributed by atoms with Crippen LogP contribution in [0.5, 0.6) is 0 Å². The summed E-state index contributed by atoms with van der Waals surface area (Å²) in [6, 6.07) is 20.5. The third-order valence-corrected chi connectivity index (χ3v) is 6.15. The summed E-state index contributed by atoms with van der Waals surface area (Å²) in [7, 11) is -3.77. The summed E-state index contributed by atoms with van der Waals surface area (Å²) in [5.74, 6) is 0.428. The Hall–Kier alpha value is -3.78. The van der Waals surface area contributed by atoms with Gasteiger partial charge in [0.25, 0.3) is 15.6 Å². The Kier molecular flexibility index (Phi) is 5.39. The van der Waals surface area contributed by atoms with Gasteiger partial charge in [0.15, 0.2) is 0 Å². The second-order valence-corrected chi connectivity index (χ2v) is 8.73. The van der Waals surface area contributed by atoms with Gasteiger partial charge in [-0.3, -0.25) is 9.52 Å². The number of rotatable bonds is 5. The third kappa shape index (κ3) is 4.24. The molecule has 31 heavy (non-hydrogen) atoms. The molecule has 0 aliphatic rings. The first kappa shape index (κ1) is 20.5. The number of hydrogen-bond donors (Lipinski definition) is 1. The van der Waals surface area contributed by atoms with Gasteiger partial charge < -0.3 is 0 Å². The van der Waals surface area contributed by atoms with E-state index in [9.17, 15) is 13.2 Å². The lowest BCUT2D eigenvalue weighted by Gasteiger charge is -2.11. The Morgan fingerprint density at radius 1 is 0.935 bits per heavy atom. The minimum Gasteiger partial charge on any atom is -0.279 e. The van der Waals surface area contributed by atoms with Gasteiger partial charge in [0, 0.05) is 5.56 Å². The van der Waals surface area contributed by atoms with Gasteiger partial charge in [-0.1, -0.05) is 48.0 Å². The summed E-state index contributed by atoms with van der Waals surface area (Å²) < 4.78 is 29.3. The molecule has 1 heterocycles. The monoisotopic (exact) mass is 432 g/mol. The molecule has 0 amide bonds. The maximum Gasteiger partial charge on any atom is 0.282 e. The zero-order valence-corrected chi connectivity index (χ0v) is 17.8. The van der Waals surface area contributed by atoms with Crippen molar-refractivity contribution in [1.29, 1.82) is 0 Å². The van der Waals surface area contributed by atoms with Crippen LogP contribution in [0.25, 0.3) is 10.9 Å². The summed E-state index contributed by atoms with van der Waals surface area (Å²) in [6.07, 6.45) is 1.44. The maximum atomic E-state index is 12.8. The first-order valence-electron chi connectivity index (χ1n) is 9.56. The van der Waals surface area contributed by atoms with Crippen molar-refractivity contribution in [2.75, 3.05) is 4.72 Å². The second kappa shape index (κ2) is 8.16. The van der Waals surface area contributed by atoms with E-state index in [1.165, 1.54) is 10.9 Å². The zero-order chi connectivity index (χ0) is 22.0. The van der Waals surface area contributed by atoms with Crippen molar-refractivity contribution in [3.05, 3.63) is 100 Å². The number of anilines is 1. The number of benzene rings is 3. The highest BCUT2D eigenvalue weighted by Crippen LogP contribution is 2.19. The van der Waals surface area contributed by atoms with Crippen molar-refractivity contribution >= 4 is 32.8 Å². The molecule has 0 saturated heterocycles. The van der Waals surface area contributed by atoms with Crippen LogP contribution >= 0.6 is 0 Å². The van der Waals surface area contributed by atoms with E-state index in [2.05, 4.69) is 14.8 Å². The van der Waals surface area contributed by atoms with E-state index < -0.39 is 10.0 Å². The summed E-state index contributed by atoms with van der Waals surface area (Å²) in [4.78, 5) is 17.4. The lowest BCUT2D eigenvalue weighted by molar-refractivity contribution is 0.601. The van der Waals surface area contributed by atoms with Gasteiger partial charge in [0.2, 0.25) is 0 Å². The number of hydrogen-bond acceptors (Lipinski definition) is 5. The number of aromatic nitrogens is 2. The summed E-state index contributed by atoms with van der Waals surface area (Å²) in [6.45, 7) is 3.58. The van der Waals surface area contributed by atoms with Crippen LogP contribution in [-0.2, 0) is 10.0 Å². The molecule has 0 radical (unpaired) electrons. The van der Waals surface area contributed by atoms with E-state index in [0.717, 1.165) is 5.56 Å². The molecule has 0 saturated carbocycles. The first-order valence-corrected chi connectivity index (χ1v) is 11.0. The van der Waals surface area contributed by atoms with E-state index in [-0.39, 0.29) is 10.5 Å². The van der Waals surface area contributed by atoms with E-state index >= 15 is 0 Å². The van der Waals surface area contributed by atoms with Crippen molar-refractivity contribution in [3.8, 4) is 0 Å². The maximum absolute atomic E-state index is 12.8. The average Bonchev–Trinajstić information content (AvgIpc) is 2.75. The number of nitrogens with one attached hydrogen (secondary N) is 1. The predicted molar refractivity (Wildman–Crippen MR) is 122 cm³/mol. The van der Waals surface area contributed by atoms with Crippen LogP contribution < -0.4 is 10.3 Å². The molecule has 4 rings (SSSR count). The Balaban J connectivity index is 1.70. The van der Waals surface area contributed by atoms with Gasteiger partial charge in [-0.05, 0) is 44.2 Å². The van der Waals surface area contributed by atoms with Crippen molar-refractivity contribution in [2.24, 2.45) is 5.10 Å². The highest BCUT2D eigenvalue weighted by atomic mass is 32.2. The smallest absolute Gasteiger partial charge is 0.279 e. The fraction of sp³-hybridized carbons (Fsp3) is 0.0870. The summed E-state index contributed by atoms with van der Waals surface area (Å²) in [5.41, 5.74) is 2.14. The van der Waals surface area contributed by atoms with E-state index in [1.54, 1.807) is 73.7 Å². The SMILES string of the molecule is Cc1ccc(S(=O)(=O)Nc2ccccc2/C=N\n2c(C)nc3ccccc3c2=O)cc1. The lowest BCUT2D eigenvalue weighted by Crippen LogP contribution is -2.20. The quantitative estimate of drug-likeness (QED) is 0.487. The summed E-state index contributed by atoms with van der Waals surface area (Å²) >= 11 is 0. The highest BCUT2D eigenvalue weighted by Gasteiger charge is 2.15. The Bertz CT molecular complexity index is 1460. The van der Waals surface area contributed by atoms with Crippen LogP contribution in [0.1, 0.15) is 17.0 Å². The van der Waals surface area contributed by atoms with Crippen molar-refractivity contribution in [1.82, 2.24) is 9.66 Å². The molecule has 156 valence electrons. The number of fused-ring (bicyclic) bond motifs is 1. The van der Waals surface area contributed by atoms with Crippen LogP contribution in [0, 0.1) is 13.8 Å². The molecule has 0 aliphatic carbocycles. The van der Waals surface area contributed by atoms with Crippen LogP contribution in [0.2, 0.25) is 0 Å². The molecule has 0 unspecified atom stereocenters. The topological polar surface area (TPSA) is 93.4 Å². The highest BCUT2D eigenvalue weighted by molar-refractivity contribution is 7.92. The molecule has 0 fully saturated rings. The van der Waals surface area contributed by atoms with Crippen LogP contribution in [0.3, 0.4) is 0 Å². The fourth-order valence-electron chi connectivity index (χ4n) is 3.11. The molecule has 4 aromatic rings. The van der Waals surface area contributed by atoms with E-state index in [0.29, 0.717) is 28.0 Å². The zero-order valence-electron chi connectivity index (χ0n) is 17.0. The molecule has 1 N–H and O–H groups in total. The molecule has 3 aromatic carbocycles. The molecule has 0 aliphatic heterocycles. The fourth-order valence-corrected chi connectivity index (χ4v) is 4.20. The van der Waals surface area contributed by atoms with Crippen LogP contribution in [0.15, 0.2) is 87.6 Å². The Morgan fingerprint density at radius 3 is 2.39 bits per heavy atom. The minimum absolute atomic E-state index is 0.163. The van der Waals surface area contributed by atoms with Crippen LogP contribution in [0.4, 0.5) is 5.69 Å². The number of sulfonamides is 1. The molecule has 7 nitrogen and oxygen atoms in total. The standard InChI is InChI=1S/C23H20N4O3S/c1-16-11-13-19(14-12-16)31(29,30)26-21-9-5-3-7-18(21)15-24-27-17(2)25-22-10-6-4-8-20(22)23(27)28/h3-15,26H,1-2H3/b24-15-. The Morgan fingerprint density at radius 2 is 1.61 bits per heavy atom. The molecular formula is C23H20N4O3S. The van der Waals surface area contributed by atoms with Gasteiger partial charge in [-0.25, -0.2) is 13.4 Å². The number of para-hydroxylation sites is 2. The average molecular weight is 433 g/mol. The molecule has 1 aromatic heterocycles. The molecule has 8 heteroatoms. The first-order chi connectivity index (χ1) is 14.8. The molecule has 0 atom stereocenters. The lowest BCUT2D eigenvalue weighted by atomic mass is 10.2. The number of nitrogens with zero attached hydrogens (tertiary/aromatic N) is 3. The van der Waals surface area contributed by atoms with Crippen molar-refractivity contribution in [2.45, 2.75) is 18.7 Å². The van der Waals surface area contributed by atoms with Crippen molar-refractivity contribution < 1.29 is 8.42 Å². The van der Waals surface area contributed by atoms with Gasteiger partial charge in [-0.15, -0.1) is 0 Å². The van der Waals surface area contributed by atoms with Crippen LogP contribution in [-0.4, -0.2) is 24.3 Å². The van der Waals surface area contributed by atoms with Gasteiger partial charge in [0.05, 0.1) is 27.7 Å². The van der Waals surface area contributed by atoms with Gasteiger partial charge in [0.1, 0.15) is 5.82 Å². The largest absolute Gasteiger partial charge is 0.282 e. The van der Waals surface area contributed by atoms with Crippen molar-refractivity contribution in [3.63, 3.8) is 0 Å². The van der Waals surface area contributed by atoms with E-state index in [1.807, 2.05) is 13.0 Å². The minimum atomic E-state index is -3.77. The van der Waals surface area contributed by atoms with Gasteiger partial charge in [-0.2, -0.15) is 9.78 Å². The molecule has 0 bridgehead atoms.